The minimum atomic E-state index is 0.116. The van der Waals surface area contributed by atoms with Gasteiger partial charge in [0.2, 0.25) is 0 Å². The molecule has 5 heteroatoms. The van der Waals surface area contributed by atoms with Crippen LogP contribution < -0.4 is 10.6 Å². The number of nitrogens with zero attached hydrogens (tertiary/aromatic N) is 1. The normalized spacial score (nSPS) is 12.8. The number of rotatable bonds is 10. The lowest BCUT2D eigenvalue weighted by Crippen LogP contribution is -2.38. The zero-order valence-electron chi connectivity index (χ0n) is 15.2. The van der Waals surface area contributed by atoms with Gasteiger partial charge in [0, 0.05) is 32.7 Å². The molecule has 0 aliphatic rings. The monoisotopic (exact) mass is 343 g/mol. The van der Waals surface area contributed by atoms with Gasteiger partial charge in [0.25, 0.3) is 0 Å². The minimum absolute atomic E-state index is 0.116. The summed E-state index contributed by atoms with van der Waals surface area (Å²) in [6.45, 7) is 7.21. The third-order valence-corrected chi connectivity index (χ3v) is 3.80. The zero-order valence-corrected chi connectivity index (χ0v) is 15.2. The van der Waals surface area contributed by atoms with Crippen molar-refractivity contribution in [2.75, 3.05) is 26.2 Å². The van der Waals surface area contributed by atoms with Crippen molar-refractivity contribution in [3.63, 3.8) is 0 Å². The summed E-state index contributed by atoms with van der Waals surface area (Å²) in [6.07, 6.45) is 3.55. The SMILES string of the molecule is CCNC(=NCCCOC(C)c1ccccc1)NCCc1ccco1. The third kappa shape index (κ3) is 7.44. The highest BCUT2D eigenvalue weighted by Gasteiger charge is 2.04. The summed E-state index contributed by atoms with van der Waals surface area (Å²) in [5.74, 6) is 1.82. The van der Waals surface area contributed by atoms with Crippen LogP contribution in [0.2, 0.25) is 0 Å². The predicted molar refractivity (Wildman–Crippen MR) is 102 cm³/mol. The van der Waals surface area contributed by atoms with Crippen molar-refractivity contribution in [1.82, 2.24) is 10.6 Å². The number of ether oxygens (including phenoxy) is 1. The van der Waals surface area contributed by atoms with Crippen molar-refractivity contribution >= 4 is 5.96 Å². The van der Waals surface area contributed by atoms with E-state index in [0.29, 0.717) is 6.61 Å². The largest absolute Gasteiger partial charge is 0.469 e. The maximum atomic E-state index is 5.88. The van der Waals surface area contributed by atoms with E-state index in [1.165, 1.54) is 5.56 Å². The van der Waals surface area contributed by atoms with Gasteiger partial charge in [-0.3, -0.25) is 4.99 Å². The highest BCUT2D eigenvalue weighted by Crippen LogP contribution is 2.15. The second kappa shape index (κ2) is 11.3. The van der Waals surface area contributed by atoms with E-state index in [9.17, 15) is 0 Å². The van der Waals surface area contributed by atoms with Crippen molar-refractivity contribution in [2.24, 2.45) is 4.99 Å². The van der Waals surface area contributed by atoms with Gasteiger partial charge in [0.15, 0.2) is 5.96 Å². The van der Waals surface area contributed by atoms with Crippen LogP contribution in [0.25, 0.3) is 0 Å². The van der Waals surface area contributed by atoms with Crippen molar-refractivity contribution in [2.45, 2.75) is 32.8 Å². The Bertz CT molecular complexity index is 597. The Hall–Kier alpha value is -2.27. The lowest BCUT2D eigenvalue weighted by molar-refractivity contribution is 0.0652. The second-order valence-electron chi connectivity index (χ2n) is 5.79. The summed E-state index contributed by atoms with van der Waals surface area (Å²) >= 11 is 0. The van der Waals surface area contributed by atoms with Crippen molar-refractivity contribution in [3.05, 3.63) is 60.1 Å². The van der Waals surface area contributed by atoms with E-state index in [2.05, 4.69) is 41.6 Å². The summed E-state index contributed by atoms with van der Waals surface area (Å²) in [5, 5.41) is 6.58. The van der Waals surface area contributed by atoms with E-state index in [1.54, 1.807) is 6.26 Å². The fourth-order valence-electron chi connectivity index (χ4n) is 2.44. The van der Waals surface area contributed by atoms with E-state index in [-0.39, 0.29) is 6.10 Å². The minimum Gasteiger partial charge on any atom is -0.469 e. The lowest BCUT2D eigenvalue weighted by Gasteiger charge is -2.13. The molecule has 0 amide bonds. The topological polar surface area (TPSA) is 58.8 Å². The molecular formula is C20H29N3O2. The van der Waals surface area contributed by atoms with Gasteiger partial charge in [0.1, 0.15) is 5.76 Å². The summed E-state index contributed by atoms with van der Waals surface area (Å²) < 4.78 is 11.2. The molecule has 2 N–H and O–H groups in total. The first-order valence-electron chi connectivity index (χ1n) is 9.00. The van der Waals surface area contributed by atoms with Crippen LogP contribution in [0.4, 0.5) is 0 Å². The summed E-state index contributed by atoms with van der Waals surface area (Å²) in [5.41, 5.74) is 1.21. The summed E-state index contributed by atoms with van der Waals surface area (Å²) in [4.78, 5) is 4.59. The fraction of sp³-hybridized carbons (Fsp3) is 0.450. The smallest absolute Gasteiger partial charge is 0.191 e. The summed E-state index contributed by atoms with van der Waals surface area (Å²) in [6, 6.07) is 14.2. The quantitative estimate of drug-likeness (QED) is 0.393. The molecule has 25 heavy (non-hydrogen) atoms. The van der Waals surface area contributed by atoms with Gasteiger partial charge in [-0.2, -0.15) is 0 Å². The zero-order chi connectivity index (χ0) is 17.7. The van der Waals surface area contributed by atoms with E-state index in [4.69, 9.17) is 9.15 Å². The highest BCUT2D eigenvalue weighted by atomic mass is 16.5. The van der Waals surface area contributed by atoms with Crippen molar-refractivity contribution in [3.8, 4) is 0 Å². The van der Waals surface area contributed by atoms with Gasteiger partial charge in [-0.25, -0.2) is 0 Å². The molecule has 0 saturated carbocycles. The Labute approximate surface area is 150 Å². The number of hydrogen-bond acceptors (Lipinski definition) is 3. The first-order chi connectivity index (χ1) is 12.3. The molecule has 1 aromatic heterocycles. The fourth-order valence-corrected chi connectivity index (χ4v) is 2.44. The molecular weight excluding hydrogens is 314 g/mol. The molecule has 0 aliphatic carbocycles. The van der Waals surface area contributed by atoms with Gasteiger partial charge in [-0.15, -0.1) is 0 Å². The Balaban J connectivity index is 1.64. The lowest BCUT2D eigenvalue weighted by atomic mass is 10.1. The van der Waals surface area contributed by atoms with Crippen LogP contribution in [0.1, 0.15) is 37.7 Å². The van der Waals surface area contributed by atoms with Gasteiger partial charge in [0.05, 0.1) is 12.4 Å². The Kier molecular flexibility index (Phi) is 8.63. The number of hydrogen-bond donors (Lipinski definition) is 2. The van der Waals surface area contributed by atoms with Crippen LogP contribution in [0, 0.1) is 0 Å². The van der Waals surface area contributed by atoms with Crippen molar-refractivity contribution < 1.29 is 9.15 Å². The number of nitrogens with one attached hydrogen (secondary N) is 2. The summed E-state index contributed by atoms with van der Waals surface area (Å²) in [7, 11) is 0. The molecule has 1 aromatic carbocycles. The Morgan fingerprint density at radius 3 is 2.72 bits per heavy atom. The Morgan fingerprint density at radius 2 is 2.00 bits per heavy atom. The van der Waals surface area contributed by atoms with E-state index in [0.717, 1.165) is 44.2 Å². The van der Waals surface area contributed by atoms with Crippen LogP contribution >= 0.6 is 0 Å². The molecule has 0 bridgehead atoms. The first-order valence-corrected chi connectivity index (χ1v) is 9.00. The molecule has 1 heterocycles. The van der Waals surface area contributed by atoms with Crippen LogP contribution in [0.5, 0.6) is 0 Å². The van der Waals surface area contributed by atoms with E-state index < -0.39 is 0 Å². The van der Waals surface area contributed by atoms with Gasteiger partial charge < -0.3 is 19.8 Å². The average molecular weight is 343 g/mol. The molecule has 5 nitrogen and oxygen atoms in total. The second-order valence-corrected chi connectivity index (χ2v) is 5.79. The molecule has 2 aromatic rings. The molecule has 0 aliphatic heterocycles. The maximum absolute atomic E-state index is 5.88. The molecule has 1 atom stereocenters. The molecule has 136 valence electrons. The number of aliphatic imine (C=N–C) groups is 1. The van der Waals surface area contributed by atoms with Gasteiger partial charge in [-0.05, 0) is 38.0 Å². The van der Waals surface area contributed by atoms with E-state index in [1.807, 2.05) is 30.3 Å². The highest BCUT2D eigenvalue weighted by molar-refractivity contribution is 5.79. The van der Waals surface area contributed by atoms with Gasteiger partial charge in [-0.1, -0.05) is 30.3 Å². The van der Waals surface area contributed by atoms with E-state index >= 15 is 0 Å². The molecule has 0 saturated heterocycles. The molecule has 0 fully saturated rings. The predicted octanol–water partition coefficient (Wildman–Crippen LogP) is 3.55. The van der Waals surface area contributed by atoms with Crippen LogP contribution in [-0.2, 0) is 11.2 Å². The standard InChI is InChI=1S/C20H29N3O2/c1-3-21-20(23-14-12-19-11-7-15-25-19)22-13-8-16-24-17(2)18-9-5-4-6-10-18/h4-7,9-11,15,17H,3,8,12-14,16H2,1-2H3,(H2,21,22,23). The third-order valence-electron chi connectivity index (χ3n) is 3.80. The number of furan rings is 1. The van der Waals surface area contributed by atoms with Crippen molar-refractivity contribution in [1.29, 1.82) is 0 Å². The molecule has 0 spiro atoms. The molecule has 1 unspecified atom stereocenters. The number of benzene rings is 1. The Morgan fingerprint density at radius 1 is 1.16 bits per heavy atom. The molecule has 0 radical (unpaired) electrons. The molecule has 2 rings (SSSR count). The van der Waals surface area contributed by atoms with Crippen LogP contribution in [0.15, 0.2) is 58.1 Å². The van der Waals surface area contributed by atoms with Gasteiger partial charge >= 0.3 is 0 Å². The first kappa shape index (κ1) is 19.1. The maximum Gasteiger partial charge on any atom is 0.191 e. The van der Waals surface area contributed by atoms with Crippen LogP contribution in [-0.4, -0.2) is 32.2 Å². The van der Waals surface area contributed by atoms with Crippen LogP contribution in [0.3, 0.4) is 0 Å². The number of guanidine groups is 1. The average Bonchev–Trinajstić information content (AvgIpc) is 3.15.